The van der Waals surface area contributed by atoms with Crippen molar-refractivity contribution in [3.8, 4) is 6.01 Å². The summed E-state index contributed by atoms with van der Waals surface area (Å²) in [5.74, 6) is 5.54. The van der Waals surface area contributed by atoms with Gasteiger partial charge in [0, 0.05) is 12.8 Å². The molecule has 0 aliphatic heterocycles. The SMILES string of the molecule is CC(C)Oc1nc(NN)nc(NCCS(C)(=O)=O)n1. The molecule has 0 atom stereocenters. The first-order chi connectivity index (χ1) is 8.80. The van der Waals surface area contributed by atoms with Crippen molar-refractivity contribution in [3.63, 3.8) is 0 Å². The maximum Gasteiger partial charge on any atom is 0.323 e. The van der Waals surface area contributed by atoms with Crippen molar-refractivity contribution in [1.29, 1.82) is 0 Å². The van der Waals surface area contributed by atoms with Crippen LogP contribution >= 0.6 is 0 Å². The minimum atomic E-state index is -3.04. The molecule has 1 aromatic heterocycles. The van der Waals surface area contributed by atoms with Crippen LogP contribution in [0.15, 0.2) is 0 Å². The fourth-order valence-electron chi connectivity index (χ4n) is 1.11. The van der Waals surface area contributed by atoms with Crippen LogP contribution in [0.5, 0.6) is 6.01 Å². The number of nitrogens with zero attached hydrogens (tertiary/aromatic N) is 3. The van der Waals surface area contributed by atoms with Gasteiger partial charge in [-0.05, 0) is 13.8 Å². The molecule has 0 fully saturated rings. The van der Waals surface area contributed by atoms with Crippen molar-refractivity contribution >= 4 is 21.7 Å². The molecule has 0 aromatic carbocycles. The Balaban J connectivity index is 2.76. The quantitative estimate of drug-likeness (QED) is 0.444. The summed E-state index contributed by atoms with van der Waals surface area (Å²) in [4.78, 5) is 11.8. The third-order valence-corrected chi connectivity index (χ3v) is 2.79. The van der Waals surface area contributed by atoms with Crippen LogP contribution in [0, 0.1) is 0 Å². The third kappa shape index (κ3) is 6.15. The number of anilines is 2. The number of nitrogens with two attached hydrogens (primary N) is 1. The zero-order valence-electron chi connectivity index (χ0n) is 11.0. The van der Waals surface area contributed by atoms with Crippen molar-refractivity contribution in [3.05, 3.63) is 0 Å². The van der Waals surface area contributed by atoms with Gasteiger partial charge in [0.2, 0.25) is 11.9 Å². The number of aromatic nitrogens is 3. The highest BCUT2D eigenvalue weighted by molar-refractivity contribution is 7.90. The Labute approximate surface area is 111 Å². The first-order valence-corrected chi connectivity index (χ1v) is 7.67. The van der Waals surface area contributed by atoms with Crippen LogP contribution in [0.1, 0.15) is 13.8 Å². The first kappa shape index (κ1) is 15.4. The number of hydrogen-bond acceptors (Lipinski definition) is 9. The summed E-state index contributed by atoms with van der Waals surface area (Å²) < 4.78 is 27.3. The van der Waals surface area contributed by atoms with E-state index in [4.69, 9.17) is 10.6 Å². The molecule has 1 rings (SSSR count). The molecule has 10 heteroatoms. The van der Waals surface area contributed by atoms with Crippen LogP contribution in [-0.2, 0) is 9.84 Å². The van der Waals surface area contributed by atoms with Gasteiger partial charge in [0.05, 0.1) is 11.9 Å². The van der Waals surface area contributed by atoms with Crippen LogP contribution in [0.4, 0.5) is 11.9 Å². The summed E-state index contributed by atoms with van der Waals surface area (Å²) >= 11 is 0. The summed E-state index contributed by atoms with van der Waals surface area (Å²) in [6, 6.07) is 0.111. The second-order valence-corrected chi connectivity index (χ2v) is 6.39. The predicted molar refractivity (Wildman–Crippen MR) is 71.6 cm³/mol. The molecule has 19 heavy (non-hydrogen) atoms. The van der Waals surface area contributed by atoms with E-state index in [0.717, 1.165) is 6.26 Å². The first-order valence-electron chi connectivity index (χ1n) is 5.61. The van der Waals surface area contributed by atoms with Gasteiger partial charge in [-0.25, -0.2) is 14.3 Å². The van der Waals surface area contributed by atoms with Crippen LogP contribution in [0.2, 0.25) is 0 Å². The van der Waals surface area contributed by atoms with E-state index in [9.17, 15) is 8.42 Å². The van der Waals surface area contributed by atoms with Gasteiger partial charge < -0.3 is 10.1 Å². The molecule has 0 saturated heterocycles. The van der Waals surface area contributed by atoms with Gasteiger partial charge in [0.1, 0.15) is 9.84 Å². The normalized spacial score (nSPS) is 11.4. The van der Waals surface area contributed by atoms with Crippen molar-refractivity contribution in [2.24, 2.45) is 5.84 Å². The summed E-state index contributed by atoms with van der Waals surface area (Å²) in [7, 11) is -3.04. The van der Waals surface area contributed by atoms with Crippen LogP contribution in [0.3, 0.4) is 0 Å². The number of sulfone groups is 1. The van der Waals surface area contributed by atoms with Crippen molar-refractivity contribution in [2.75, 3.05) is 29.3 Å². The Kier molecular flexibility index (Phi) is 5.24. The Bertz CT molecular complexity index is 519. The van der Waals surface area contributed by atoms with Gasteiger partial charge in [-0.3, -0.25) is 5.43 Å². The zero-order valence-corrected chi connectivity index (χ0v) is 11.9. The Morgan fingerprint density at radius 2 is 1.89 bits per heavy atom. The van der Waals surface area contributed by atoms with E-state index in [0.29, 0.717) is 0 Å². The van der Waals surface area contributed by atoms with Crippen molar-refractivity contribution in [2.45, 2.75) is 20.0 Å². The van der Waals surface area contributed by atoms with E-state index in [1.54, 1.807) is 0 Å². The van der Waals surface area contributed by atoms with E-state index >= 15 is 0 Å². The van der Waals surface area contributed by atoms with Gasteiger partial charge in [-0.2, -0.15) is 15.0 Å². The number of ether oxygens (including phenoxy) is 1. The summed E-state index contributed by atoms with van der Waals surface area (Å²) in [6.07, 6.45) is 1.05. The van der Waals surface area contributed by atoms with Gasteiger partial charge in [0.25, 0.3) is 0 Å². The molecule has 0 amide bonds. The van der Waals surface area contributed by atoms with E-state index in [-0.39, 0.29) is 36.3 Å². The van der Waals surface area contributed by atoms with Gasteiger partial charge in [-0.1, -0.05) is 0 Å². The molecule has 108 valence electrons. The molecular weight excluding hydrogens is 272 g/mol. The largest absolute Gasteiger partial charge is 0.461 e. The third-order valence-electron chi connectivity index (χ3n) is 1.84. The molecule has 4 N–H and O–H groups in total. The lowest BCUT2D eigenvalue weighted by molar-refractivity contribution is 0.222. The average molecular weight is 290 g/mol. The highest BCUT2D eigenvalue weighted by Crippen LogP contribution is 2.11. The molecule has 9 nitrogen and oxygen atoms in total. The number of rotatable bonds is 7. The van der Waals surface area contributed by atoms with Crippen LogP contribution in [0.25, 0.3) is 0 Å². The molecule has 0 spiro atoms. The summed E-state index contributed by atoms with van der Waals surface area (Å²) in [5, 5.41) is 2.77. The number of nitrogens with one attached hydrogen (secondary N) is 2. The fraction of sp³-hybridized carbons (Fsp3) is 0.667. The molecule has 1 aromatic rings. The minimum Gasteiger partial charge on any atom is -0.461 e. The monoisotopic (exact) mass is 290 g/mol. The maximum atomic E-state index is 11.0. The van der Waals surface area contributed by atoms with Gasteiger partial charge in [0.15, 0.2) is 0 Å². The average Bonchev–Trinajstić information content (AvgIpc) is 2.26. The molecule has 0 radical (unpaired) electrons. The fourth-order valence-corrected chi connectivity index (χ4v) is 1.58. The second-order valence-electron chi connectivity index (χ2n) is 4.13. The lowest BCUT2D eigenvalue weighted by atomic mass is 10.5. The molecule has 0 bridgehead atoms. The highest BCUT2D eigenvalue weighted by Gasteiger charge is 2.09. The van der Waals surface area contributed by atoms with Gasteiger partial charge in [-0.15, -0.1) is 0 Å². The molecule has 0 unspecified atom stereocenters. The lowest BCUT2D eigenvalue weighted by Gasteiger charge is -2.10. The highest BCUT2D eigenvalue weighted by atomic mass is 32.2. The lowest BCUT2D eigenvalue weighted by Crippen LogP contribution is -2.19. The topological polar surface area (TPSA) is 132 Å². The number of hydrogen-bond donors (Lipinski definition) is 3. The van der Waals surface area contributed by atoms with E-state index in [2.05, 4.69) is 25.7 Å². The molecule has 0 saturated carbocycles. The van der Waals surface area contributed by atoms with Gasteiger partial charge >= 0.3 is 6.01 Å². The second kappa shape index (κ2) is 6.48. The predicted octanol–water partition coefficient (Wildman–Crippen LogP) is -0.599. The Morgan fingerprint density at radius 1 is 1.26 bits per heavy atom. The van der Waals surface area contributed by atoms with E-state index in [1.165, 1.54) is 0 Å². The summed E-state index contributed by atoms with van der Waals surface area (Å²) in [6.45, 7) is 3.85. The van der Waals surface area contributed by atoms with Crippen LogP contribution in [-0.4, -0.2) is 48.0 Å². The van der Waals surface area contributed by atoms with E-state index in [1.807, 2.05) is 13.8 Å². The number of hydrazine groups is 1. The smallest absolute Gasteiger partial charge is 0.323 e. The molecule has 1 heterocycles. The standard InChI is InChI=1S/C9H18N6O3S/c1-6(2)18-9-13-7(12-8(14-9)15-10)11-4-5-19(3,16)17/h6H,4-5,10H2,1-3H3,(H2,11,12,13,14,15). The van der Waals surface area contributed by atoms with Crippen LogP contribution < -0.4 is 21.3 Å². The maximum absolute atomic E-state index is 11.0. The van der Waals surface area contributed by atoms with Crippen molar-refractivity contribution in [1.82, 2.24) is 15.0 Å². The van der Waals surface area contributed by atoms with E-state index < -0.39 is 9.84 Å². The molecule has 0 aliphatic rings. The summed E-state index contributed by atoms with van der Waals surface area (Å²) in [5.41, 5.74) is 2.29. The Morgan fingerprint density at radius 3 is 2.42 bits per heavy atom. The Hall–Kier alpha value is -1.68. The zero-order chi connectivity index (χ0) is 14.5. The molecular formula is C9H18N6O3S. The molecule has 0 aliphatic carbocycles. The van der Waals surface area contributed by atoms with Crippen molar-refractivity contribution < 1.29 is 13.2 Å². The minimum absolute atomic E-state index is 0.0234. The number of nitrogen functional groups attached to an aromatic ring is 1.